The molecule has 3 aromatic rings. The highest BCUT2D eigenvalue weighted by atomic mass is 16.4. The average molecular weight is 334 g/mol. The monoisotopic (exact) mass is 334 g/mol. The number of carbonyl (C=O) groups is 1. The number of nitrogens with zero attached hydrogens (tertiary/aromatic N) is 1. The fourth-order valence-electron chi connectivity index (χ4n) is 2.67. The van der Waals surface area contributed by atoms with Crippen molar-refractivity contribution in [2.45, 2.75) is 26.2 Å². The number of aryl methyl sites for hydroxylation is 2. The molecule has 2 aromatic carbocycles. The topological polar surface area (TPSA) is 55.1 Å². The van der Waals surface area contributed by atoms with Crippen LogP contribution in [0, 0.1) is 6.92 Å². The second-order valence-corrected chi connectivity index (χ2v) is 6.01. The van der Waals surface area contributed by atoms with Gasteiger partial charge in [0.25, 0.3) is 0 Å². The van der Waals surface area contributed by atoms with Gasteiger partial charge < -0.3 is 9.73 Å². The Bertz CT molecular complexity index is 810. The number of hydrogen-bond acceptors (Lipinski definition) is 3. The maximum atomic E-state index is 12.1. The fraction of sp³-hybridized carbons (Fsp3) is 0.238. The van der Waals surface area contributed by atoms with Gasteiger partial charge >= 0.3 is 0 Å². The standard InChI is InChI=1S/C21H22N2O2/c1-16-19(25-21(23-16)18-12-6-3-7-13-18)15-20(24)22-14-8-11-17-9-4-2-5-10-17/h2-7,9-10,12-13H,8,11,14-15H2,1H3,(H,22,24). The lowest BCUT2D eigenvalue weighted by molar-refractivity contribution is -0.120. The lowest BCUT2D eigenvalue weighted by atomic mass is 10.1. The maximum Gasteiger partial charge on any atom is 0.227 e. The molecule has 1 N–H and O–H groups in total. The minimum atomic E-state index is -0.0353. The summed E-state index contributed by atoms with van der Waals surface area (Å²) in [4.78, 5) is 16.5. The molecule has 1 amide bonds. The first-order valence-corrected chi connectivity index (χ1v) is 8.55. The summed E-state index contributed by atoms with van der Waals surface area (Å²) < 4.78 is 5.77. The quantitative estimate of drug-likeness (QED) is 0.666. The van der Waals surface area contributed by atoms with Crippen molar-refractivity contribution in [1.29, 1.82) is 0 Å². The summed E-state index contributed by atoms with van der Waals surface area (Å²) in [5.74, 6) is 1.15. The Hall–Kier alpha value is -2.88. The van der Waals surface area contributed by atoms with Crippen LogP contribution < -0.4 is 5.32 Å². The molecule has 0 aliphatic rings. The van der Waals surface area contributed by atoms with Crippen molar-refractivity contribution in [3.05, 3.63) is 77.7 Å². The zero-order valence-electron chi connectivity index (χ0n) is 14.4. The summed E-state index contributed by atoms with van der Waals surface area (Å²) in [5.41, 5.74) is 2.97. The van der Waals surface area contributed by atoms with Gasteiger partial charge in [0.1, 0.15) is 5.76 Å². The van der Waals surface area contributed by atoms with Crippen LogP contribution in [-0.2, 0) is 17.6 Å². The molecule has 0 spiro atoms. The number of nitrogens with one attached hydrogen (secondary N) is 1. The zero-order chi connectivity index (χ0) is 17.5. The number of rotatable bonds is 7. The second kappa shape index (κ2) is 8.29. The number of carbonyl (C=O) groups excluding carboxylic acids is 1. The lowest BCUT2D eigenvalue weighted by Crippen LogP contribution is -2.26. The van der Waals surface area contributed by atoms with Gasteiger partial charge in [-0.3, -0.25) is 4.79 Å². The number of oxazole rings is 1. The third-order valence-corrected chi connectivity index (χ3v) is 4.04. The van der Waals surface area contributed by atoms with Crippen LogP contribution in [-0.4, -0.2) is 17.4 Å². The molecule has 4 nitrogen and oxygen atoms in total. The van der Waals surface area contributed by atoms with E-state index in [1.165, 1.54) is 5.56 Å². The Morgan fingerprint density at radius 3 is 2.44 bits per heavy atom. The van der Waals surface area contributed by atoms with E-state index in [0.717, 1.165) is 24.1 Å². The molecule has 25 heavy (non-hydrogen) atoms. The molecule has 0 saturated heterocycles. The van der Waals surface area contributed by atoms with E-state index in [2.05, 4.69) is 22.4 Å². The number of aromatic nitrogens is 1. The van der Waals surface area contributed by atoms with Gasteiger partial charge in [0, 0.05) is 12.1 Å². The molecule has 1 aromatic heterocycles. The van der Waals surface area contributed by atoms with E-state index in [1.54, 1.807) is 0 Å². The van der Waals surface area contributed by atoms with Crippen LogP contribution in [0.2, 0.25) is 0 Å². The van der Waals surface area contributed by atoms with E-state index in [1.807, 2.05) is 55.5 Å². The van der Waals surface area contributed by atoms with E-state index in [9.17, 15) is 4.79 Å². The Morgan fingerprint density at radius 1 is 1.04 bits per heavy atom. The Balaban J connectivity index is 1.49. The van der Waals surface area contributed by atoms with Crippen molar-refractivity contribution >= 4 is 5.91 Å². The van der Waals surface area contributed by atoms with E-state index < -0.39 is 0 Å². The molecular formula is C21H22N2O2. The molecular weight excluding hydrogens is 312 g/mol. The van der Waals surface area contributed by atoms with Gasteiger partial charge in [-0.2, -0.15) is 0 Å². The summed E-state index contributed by atoms with van der Waals surface area (Å²) in [7, 11) is 0. The predicted octanol–water partition coefficient (Wildman–Crippen LogP) is 3.94. The maximum absolute atomic E-state index is 12.1. The van der Waals surface area contributed by atoms with Crippen molar-refractivity contribution in [2.24, 2.45) is 0 Å². The van der Waals surface area contributed by atoms with Crippen molar-refractivity contribution in [3.8, 4) is 11.5 Å². The highest BCUT2D eigenvalue weighted by Crippen LogP contribution is 2.21. The first kappa shape index (κ1) is 17.0. The minimum absolute atomic E-state index is 0.0353. The van der Waals surface area contributed by atoms with Crippen molar-refractivity contribution in [3.63, 3.8) is 0 Å². The molecule has 0 aliphatic heterocycles. The Labute approximate surface area is 147 Å². The molecule has 0 radical (unpaired) electrons. The van der Waals surface area contributed by atoms with Gasteiger partial charge in [0.05, 0.1) is 12.1 Å². The Morgan fingerprint density at radius 2 is 1.72 bits per heavy atom. The molecule has 0 unspecified atom stereocenters. The van der Waals surface area contributed by atoms with Crippen LogP contribution >= 0.6 is 0 Å². The largest absolute Gasteiger partial charge is 0.440 e. The van der Waals surface area contributed by atoms with Gasteiger partial charge in [-0.05, 0) is 37.5 Å². The summed E-state index contributed by atoms with van der Waals surface area (Å²) in [6, 6.07) is 20.0. The molecule has 4 heteroatoms. The second-order valence-electron chi connectivity index (χ2n) is 6.01. The first-order chi connectivity index (χ1) is 12.2. The van der Waals surface area contributed by atoms with Gasteiger partial charge in [0.2, 0.25) is 11.8 Å². The van der Waals surface area contributed by atoms with Gasteiger partial charge in [-0.1, -0.05) is 48.5 Å². The summed E-state index contributed by atoms with van der Waals surface area (Å²) in [6.45, 7) is 2.53. The van der Waals surface area contributed by atoms with Gasteiger partial charge in [-0.25, -0.2) is 4.98 Å². The number of benzene rings is 2. The average Bonchev–Trinajstić information content (AvgIpc) is 3.01. The highest BCUT2D eigenvalue weighted by Gasteiger charge is 2.14. The molecule has 3 rings (SSSR count). The van der Waals surface area contributed by atoms with Crippen LogP contribution in [0.4, 0.5) is 0 Å². The molecule has 0 aliphatic carbocycles. The summed E-state index contributed by atoms with van der Waals surface area (Å²) >= 11 is 0. The predicted molar refractivity (Wildman–Crippen MR) is 98.2 cm³/mol. The number of hydrogen-bond donors (Lipinski definition) is 1. The molecule has 1 heterocycles. The van der Waals surface area contributed by atoms with Crippen molar-refractivity contribution in [2.75, 3.05) is 6.54 Å². The van der Waals surface area contributed by atoms with Crippen LogP contribution in [0.3, 0.4) is 0 Å². The molecule has 0 atom stereocenters. The lowest BCUT2D eigenvalue weighted by Gasteiger charge is -2.04. The van der Waals surface area contributed by atoms with E-state index in [4.69, 9.17) is 4.42 Å². The third kappa shape index (κ3) is 4.80. The van der Waals surface area contributed by atoms with E-state index >= 15 is 0 Å². The van der Waals surface area contributed by atoms with Crippen LogP contribution in [0.5, 0.6) is 0 Å². The van der Waals surface area contributed by atoms with Gasteiger partial charge in [0.15, 0.2) is 0 Å². The van der Waals surface area contributed by atoms with Crippen LogP contribution in [0.15, 0.2) is 65.1 Å². The minimum Gasteiger partial charge on any atom is -0.440 e. The smallest absolute Gasteiger partial charge is 0.227 e. The Kier molecular flexibility index (Phi) is 5.62. The summed E-state index contributed by atoms with van der Waals surface area (Å²) in [6.07, 6.45) is 2.10. The van der Waals surface area contributed by atoms with E-state index in [-0.39, 0.29) is 12.3 Å². The highest BCUT2D eigenvalue weighted by molar-refractivity contribution is 5.78. The third-order valence-electron chi connectivity index (χ3n) is 4.04. The summed E-state index contributed by atoms with van der Waals surface area (Å²) in [5, 5.41) is 2.95. The van der Waals surface area contributed by atoms with Gasteiger partial charge in [-0.15, -0.1) is 0 Å². The van der Waals surface area contributed by atoms with Crippen LogP contribution in [0.25, 0.3) is 11.5 Å². The SMILES string of the molecule is Cc1nc(-c2ccccc2)oc1CC(=O)NCCCc1ccccc1. The molecule has 0 bridgehead atoms. The molecule has 0 fully saturated rings. The molecule has 128 valence electrons. The van der Waals surface area contributed by atoms with E-state index in [0.29, 0.717) is 18.2 Å². The first-order valence-electron chi connectivity index (χ1n) is 8.55. The van der Waals surface area contributed by atoms with Crippen LogP contribution in [0.1, 0.15) is 23.4 Å². The van der Waals surface area contributed by atoms with Crippen molar-refractivity contribution < 1.29 is 9.21 Å². The normalized spacial score (nSPS) is 10.6. The number of amides is 1. The zero-order valence-corrected chi connectivity index (χ0v) is 14.4. The molecule has 0 saturated carbocycles. The van der Waals surface area contributed by atoms with Crippen molar-refractivity contribution in [1.82, 2.24) is 10.3 Å². The fourth-order valence-corrected chi connectivity index (χ4v) is 2.67.